The number of esters is 1. The SMILES string of the molecule is CC(C)(C)OC(=O)CC(NC(=O)[C@@H]1CCCN(C(=O)CCC2CCN(C(=O)O)CC2)C1)c1cncc(OCCO[Si](C)(C)C(C)(C)C)c1. The summed E-state index contributed by atoms with van der Waals surface area (Å²) in [6.07, 6.45) is 6.20. The van der Waals surface area contributed by atoms with Crippen molar-refractivity contribution in [3.63, 3.8) is 0 Å². The molecule has 3 amide bonds. The molecule has 13 heteroatoms. The van der Waals surface area contributed by atoms with Crippen LogP contribution in [0.4, 0.5) is 4.79 Å². The number of nitrogens with zero attached hydrogens (tertiary/aromatic N) is 3. The number of aromatic nitrogens is 1. The molecular formula is C35H58N4O8Si. The van der Waals surface area contributed by atoms with E-state index in [0.717, 1.165) is 12.8 Å². The normalized spacial score (nSPS) is 18.6. The van der Waals surface area contributed by atoms with Crippen molar-refractivity contribution in [2.75, 3.05) is 39.4 Å². The van der Waals surface area contributed by atoms with Crippen molar-refractivity contribution in [2.45, 2.75) is 116 Å². The molecule has 0 spiro atoms. The van der Waals surface area contributed by atoms with Gasteiger partial charge in [-0.25, -0.2) is 4.79 Å². The standard InChI is InChI=1S/C35H58N4O8Si/c1-34(2,3)47-31(41)21-29(27-20-28(23-36-22-27)45-18-19-46-48(7,8)35(4,5)6)37-32(42)26-10-9-15-39(24-26)30(40)12-11-25-13-16-38(17-14-25)33(43)44/h20,22-23,25-26,29H,9-19,21,24H2,1-8H3,(H,37,42)(H,43,44)/t26-,29?/m1/s1. The Hall–Kier alpha value is -3.19. The molecule has 2 N–H and O–H groups in total. The summed E-state index contributed by atoms with van der Waals surface area (Å²) >= 11 is 0. The van der Waals surface area contributed by atoms with E-state index < -0.39 is 37.9 Å². The Balaban J connectivity index is 1.62. The molecule has 1 aromatic rings. The van der Waals surface area contributed by atoms with Crippen LogP contribution in [0.5, 0.6) is 5.75 Å². The molecule has 2 fully saturated rings. The number of nitrogens with one attached hydrogen (secondary N) is 1. The fourth-order valence-corrected chi connectivity index (χ4v) is 6.81. The molecule has 0 radical (unpaired) electrons. The molecule has 12 nitrogen and oxygen atoms in total. The van der Waals surface area contributed by atoms with Crippen LogP contribution < -0.4 is 10.1 Å². The van der Waals surface area contributed by atoms with Crippen molar-refractivity contribution in [2.24, 2.45) is 11.8 Å². The maximum Gasteiger partial charge on any atom is 0.407 e. The van der Waals surface area contributed by atoms with Gasteiger partial charge in [-0.05, 0) is 88.6 Å². The maximum atomic E-state index is 13.7. The van der Waals surface area contributed by atoms with E-state index in [-0.39, 0.29) is 23.3 Å². The van der Waals surface area contributed by atoms with Gasteiger partial charge in [-0.2, -0.15) is 0 Å². The fraction of sp³-hybridized carbons (Fsp3) is 0.743. The Morgan fingerprint density at radius 1 is 1.00 bits per heavy atom. The van der Waals surface area contributed by atoms with Crippen molar-refractivity contribution < 1.29 is 38.2 Å². The second-order valence-corrected chi connectivity index (χ2v) is 20.5. The second-order valence-electron chi connectivity index (χ2n) is 15.7. The van der Waals surface area contributed by atoms with Gasteiger partial charge in [-0.1, -0.05) is 20.8 Å². The first-order valence-corrected chi connectivity index (χ1v) is 20.2. The van der Waals surface area contributed by atoms with Crippen molar-refractivity contribution in [3.8, 4) is 5.75 Å². The molecule has 3 rings (SSSR count). The Morgan fingerprint density at radius 3 is 2.31 bits per heavy atom. The van der Waals surface area contributed by atoms with Crippen LogP contribution >= 0.6 is 0 Å². The van der Waals surface area contributed by atoms with Crippen LogP contribution in [0.2, 0.25) is 18.1 Å². The highest BCUT2D eigenvalue weighted by molar-refractivity contribution is 6.74. The fourth-order valence-electron chi connectivity index (χ4n) is 5.79. The van der Waals surface area contributed by atoms with Crippen molar-refractivity contribution in [3.05, 3.63) is 24.0 Å². The van der Waals surface area contributed by atoms with Gasteiger partial charge in [-0.15, -0.1) is 0 Å². The Labute approximate surface area is 287 Å². The van der Waals surface area contributed by atoms with Gasteiger partial charge in [0.1, 0.15) is 18.0 Å². The molecule has 48 heavy (non-hydrogen) atoms. The number of hydrogen-bond donors (Lipinski definition) is 2. The van der Waals surface area contributed by atoms with E-state index in [1.54, 1.807) is 44.1 Å². The summed E-state index contributed by atoms with van der Waals surface area (Å²) in [6.45, 7) is 19.0. The van der Waals surface area contributed by atoms with E-state index in [4.69, 9.17) is 13.9 Å². The number of ether oxygens (including phenoxy) is 2. The molecule has 2 saturated heterocycles. The third-order valence-corrected chi connectivity index (χ3v) is 14.2. The van der Waals surface area contributed by atoms with Gasteiger partial charge >= 0.3 is 12.1 Å². The number of amides is 3. The molecule has 1 unspecified atom stereocenters. The lowest BCUT2D eigenvalue weighted by atomic mass is 9.91. The van der Waals surface area contributed by atoms with E-state index in [2.05, 4.69) is 44.2 Å². The molecule has 2 aliphatic rings. The minimum Gasteiger partial charge on any atom is -0.490 e. The Bertz CT molecular complexity index is 1250. The summed E-state index contributed by atoms with van der Waals surface area (Å²) in [5.41, 5.74) is -0.0639. The van der Waals surface area contributed by atoms with Gasteiger partial charge in [0.25, 0.3) is 0 Å². The number of pyridine rings is 1. The number of carbonyl (C=O) groups is 4. The van der Waals surface area contributed by atoms with Gasteiger partial charge in [0.05, 0.1) is 31.2 Å². The van der Waals surface area contributed by atoms with Crippen LogP contribution in [-0.4, -0.2) is 97.1 Å². The summed E-state index contributed by atoms with van der Waals surface area (Å²) in [4.78, 5) is 58.5. The van der Waals surface area contributed by atoms with E-state index >= 15 is 0 Å². The highest BCUT2D eigenvalue weighted by Crippen LogP contribution is 2.36. The molecule has 2 aliphatic heterocycles. The highest BCUT2D eigenvalue weighted by Gasteiger charge is 2.37. The summed E-state index contributed by atoms with van der Waals surface area (Å²) in [6, 6.07) is 1.08. The summed E-state index contributed by atoms with van der Waals surface area (Å²) < 4.78 is 17.8. The zero-order chi connectivity index (χ0) is 35.7. The first kappa shape index (κ1) is 39.2. The van der Waals surface area contributed by atoms with Crippen molar-refractivity contribution >= 4 is 32.2 Å². The van der Waals surface area contributed by atoms with E-state index in [9.17, 15) is 24.3 Å². The topological polar surface area (TPSA) is 148 Å². The lowest BCUT2D eigenvalue weighted by molar-refractivity contribution is -0.155. The van der Waals surface area contributed by atoms with Gasteiger partial charge in [0, 0.05) is 38.8 Å². The molecule has 0 aliphatic carbocycles. The highest BCUT2D eigenvalue weighted by atomic mass is 28.4. The van der Waals surface area contributed by atoms with Crippen LogP contribution in [0.1, 0.15) is 98.1 Å². The van der Waals surface area contributed by atoms with Gasteiger partial charge in [0.2, 0.25) is 11.8 Å². The monoisotopic (exact) mass is 690 g/mol. The van der Waals surface area contributed by atoms with Gasteiger partial charge < -0.3 is 34.1 Å². The number of hydrogen-bond acceptors (Lipinski definition) is 8. The third-order valence-electron chi connectivity index (χ3n) is 9.66. The van der Waals surface area contributed by atoms with Gasteiger partial charge in [0.15, 0.2) is 8.32 Å². The smallest absolute Gasteiger partial charge is 0.407 e. The molecule has 3 heterocycles. The molecule has 2 atom stereocenters. The van der Waals surface area contributed by atoms with Crippen LogP contribution in [0, 0.1) is 11.8 Å². The van der Waals surface area contributed by atoms with E-state index in [1.165, 1.54) is 4.90 Å². The van der Waals surface area contributed by atoms with Crippen molar-refractivity contribution in [1.29, 1.82) is 0 Å². The zero-order valence-corrected chi connectivity index (χ0v) is 31.3. The number of carboxylic acid groups (broad SMARTS) is 1. The number of carbonyl (C=O) groups excluding carboxylic acids is 3. The molecular weight excluding hydrogens is 632 g/mol. The number of likely N-dealkylation sites (tertiary alicyclic amines) is 2. The Morgan fingerprint density at radius 2 is 1.69 bits per heavy atom. The predicted octanol–water partition coefficient (Wildman–Crippen LogP) is 5.78. The number of rotatable bonds is 13. The molecule has 0 saturated carbocycles. The lowest BCUT2D eigenvalue weighted by Gasteiger charge is -2.36. The van der Waals surface area contributed by atoms with Crippen molar-refractivity contribution in [1.82, 2.24) is 20.1 Å². The molecule has 270 valence electrons. The van der Waals surface area contributed by atoms with E-state index in [1.807, 2.05) is 0 Å². The summed E-state index contributed by atoms with van der Waals surface area (Å²) in [7, 11) is -1.91. The minimum absolute atomic E-state index is 0.0186. The average molecular weight is 691 g/mol. The summed E-state index contributed by atoms with van der Waals surface area (Å²) in [5, 5.41) is 12.3. The van der Waals surface area contributed by atoms with Crippen LogP contribution in [-0.2, 0) is 23.5 Å². The summed E-state index contributed by atoms with van der Waals surface area (Å²) in [5.74, 6) is -0.238. The van der Waals surface area contributed by atoms with Crippen LogP contribution in [0.15, 0.2) is 18.5 Å². The lowest BCUT2D eigenvalue weighted by Crippen LogP contribution is -2.46. The Kier molecular flexibility index (Phi) is 13.9. The average Bonchev–Trinajstić information content (AvgIpc) is 3.00. The maximum absolute atomic E-state index is 13.7. The molecule has 0 aromatic carbocycles. The van der Waals surface area contributed by atoms with E-state index in [0.29, 0.717) is 82.3 Å². The first-order chi connectivity index (χ1) is 22.3. The zero-order valence-electron chi connectivity index (χ0n) is 30.3. The van der Waals surface area contributed by atoms with Gasteiger partial charge in [-0.3, -0.25) is 19.4 Å². The minimum atomic E-state index is -1.91. The number of piperidine rings is 2. The molecule has 0 bridgehead atoms. The van der Waals surface area contributed by atoms with Crippen LogP contribution in [0.3, 0.4) is 0 Å². The second kappa shape index (κ2) is 17.0. The third kappa shape index (κ3) is 12.4. The largest absolute Gasteiger partial charge is 0.490 e. The quantitative estimate of drug-likeness (QED) is 0.149. The predicted molar refractivity (Wildman–Crippen MR) is 185 cm³/mol. The molecule has 1 aromatic heterocycles. The first-order valence-electron chi connectivity index (χ1n) is 17.3. The van der Waals surface area contributed by atoms with Crippen LogP contribution in [0.25, 0.3) is 0 Å².